The van der Waals surface area contributed by atoms with Crippen molar-refractivity contribution in [1.29, 1.82) is 0 Å². The summed E-state index contributed by atoms with van der Waals surface area (Å²) in [5, 5.41) is 57.5. The van der Waals surface area contributed by atoms with Crippen molar-refractivity contribution in [2.75, 3.05) is 0 Å². The molecule has 0 fully saturated rings. The third-order valence-electron chi connectivity index (χ3n) is 7.50. The first-order valence-corrected chi connectivity index (χ1v) is 16.6. The third kappa shape index (κ3) is 11.8. The number of hydrogen-bond donors (Lipinski definition) is 2. The van der Waals surface area contributed by atoms with Crippen LogP contribution in [-0.4, -0.2) is 122 Å². The molecule has 8 aromatic heterocycles. The number of nitrogens with two attached hydrogens (primary N) is 1. The van der Waals surface area contributed by atoms with E-state index in [1.165, 1.54) is 34.2 Å². The molecule has 0 spiro atoms. The molecule has 1 atom stereocenters. The van der Waals surface area contributed by atoms with Gasteiger partial charge in [-0.2, -0.15) is 20.4 Å². The van der Waals surface area contributed by atoms with Crippen molar-refractivity contribution >= 4 is 17.8 Å². The lowest BCUT2D eigenvalue weighted by atomic mass is 10.1. The quantitative estimate of drug-likeness (QED) is 0.0658. The van der Waals surface area contributed by atoms with E-state index in [0.29, 0.717) is 33.8 Å². The Bertz CT molecular complexity index is 2450. The molecular weight excluding hydrogens is 741 g/mol. The molecule has 25 nitrogen and oxygen atoms in total. The van der Waals surface area contributed by atoms with E-state index in [4.69, 9.17) is 10.9 Å². The van der Waals surface area contributed by atoms with Gasteiger partial charge in [-0.25, -0.2) is 9.36 Å². The lowest BCUT2D eigenvalue weighted by Crippen LogP contribution is -2.15. The van der Waals surface area contributed by atoms with Gasteiger partial charge in [0.1, 0.15) is 17.1 Å². The van der Waals surface area contributed by atoms with E-state index in [-0.39, 0.29) is 11.8 Å². The summed E-state index contributed by atoms with van der Waals surface area (Å²) in [6.07, 6.45) is 22.2. The van der Waals surface area contributed by atoms with Gasteiger partial charge in [0, 0.05) is 98.5 Å². The predicted octanol–water partition coefficient (Wildman–Crippen LogP) is -0.801. The first-order valence-electron chi connectivity index (χ1n) is 16.6. The highest BCUT2D eigenvalue weighted by Gasteiger charge is 2.16. The van der Waals surface area contributed by atoms with Crippen molar-refractivity contribution < 1.29 is 14.8 Å². The average Bonchev–Trinajstić information content (AvgIpc) is 4.02. The zero-order valence-electron chi connectivity index (χ0n) is 32.4. The molecule has 0 aliphatic heterocycles. The second-order valence-corrected chi connectivity index (χ2v) is 11.9. The SMILES string of the molecule is Cn1cc(/C(=N/O)c2cnnn2C)cn1.Cn1cc(C(=O)c2cnnn2C)cn1.Cn1cc(C(N)c2cnnn2C)cn1.Cn1cc(C=O)cn1.Cn1ccnn1. The van der Waals surface area contributed by atoms with Gasteiger partial charge in [-0.05, 0) is 0 Å². The molecule has 8 aromatic rings. The van der Waals surface area contributed by atoms with Crippen molar-refractivity contribution in [3.05, 3.63) is 120 Å². The van der Waals surface area contributed by atoms with E-state index < -0.39 is 0 Å². The van der Waals surface area contributed by atoms with E-state index >= 15 is 0 Å². The fourth-order valence-electron chi connectivity index (χ4n) is 4.61. The Balaban J connectivity index is 0.000000163. The molecule has 0 saturated carbocycles. The molecule has 298 valence electrons. The predicted molar refractivity (Wildman–Crippen MR) is 199 cm³/mol. The van der Waals surface area contributed by atoms with E-state index in [0.717, 1.165) is 17.5 Å². The minimum absolute atomic E-state index is 0.120. The number of aromatic nitrogens is 20. The third-order valence-corrected chi connectivity index (χ3v) is 7.50. The smallest absolute Gasteiger partial charge is 0.215 e. The molecule has 3 N–H and O–H groups in total. The molecule has 0 saturated heterocycles. The van der Waals surface area contributed by atoms with Crippen LogP contribution in [0, 0.1) is 0 Å². The number of rotatable bonds is 7. The Morgan fingerprint density at radius 2 is 1.18 bits per heavy atom. The Kier molecular flexibility index (Phi) is 14.7. The fourth-order valence-corrected chi connectivity index (χ4v) is 4.61. The van der Waals surface area contributed by atoms with Gasteiger partial charge in [-0.1, -0.05) is 26.0 Å². The Morgan fingerprint density at radius 1 is 0.632 bits per heavy atom. The van der Waals surface area contributed by atoms with Crippen molar-refractivity contribution in [3.63, 3.8) is 0 Å². The van der Waals surface area contributed by atoms with Gasteiger partial charge in [0.25, 0.3) is 0 Å². The van der Waals surface area contributed by atoms with Crippen molar-refractivity contribution in [3.8, 4) is 0 Å². The van der Waals surface area contributed by atoms with Crippen LogP contribution >= 0.6 is 0 Å². The van der Waals surface area contributed by atoms with Crippen LogP contribution in [-0.2, 0) is 56.4 Å². The standard InChI is InChI=1S/C8H10N6O.C8H12N6.C8H9N5O.C5H6N2O.C3H5N3/c1-13-5-6(3-10-13)8(11-15)7-4-9-12-14(7)2;1-13-5-6(3-11-13)8(9)7-4-10-12-14(7)2;1-12-5-6(3-10-12)8(14)7-4-9-11-13(7)2;1-7-3-5(4-8)2-6-7;1-6-3-2-4-5-6/h3-5,15H,1-2H3;3-5,8H,9H2,1-2H3;3-5H,1-2H3;2-4H,1H3;2-3H,1H3/b11-8-;;;;. The van der Waals surface area contributed by atoms with E-state index in [2.05, 4.69) is 66.8 Å². The fraction of sp³-hybridized carbons (Fsp3) is 0.281. The number of carbonyl (C=O) groups excluding carboxylic acids is 2. The molecule has 1 unspecified atom stereocenters. The second-order valence-electron chi connectivity index (χ2n) is 11.9. The maximum Gasteiger partial charge on any atom is 0.215 e. The van der Waals surface area contributed by atoms with Crippen LogP contribution in [0.1, 0.15) is 55.0 Å². The van der Waals surface area contributed by atoms with Gasteiger partial charge >= 0.3 is 0 Å². The lowest BCUT2D eigenvalue weighted by molar-refractivity contribution is 0.102. The molecule has 0 bridgehead atoms. The topological polar surface area (TPSA) is 287 Å². The van der Waals surface area contributed by atoms with Gasteiger partial charge in [0.15, 0.2) is 6.29 Å². The number of carbonyl (C=O) groups is 2. The summed E-state index contributed by atoms with van der Waals surface area (Å²) < 4.78 is 12.8. The van der Waals surface area contributed by atoms with Crippen molar-refractivity contribution in [1.82, 2.24) is 99.1 Å². The molecule has 57 heavy (non-hydrogen) atoms. The van der Waals surface area contributed by atoms with Gasteiger partial charge in [0.05, 0.1) is 72.4 Å². The normalized spacial score (nSPS) is 11.1. The summed E-state index contributed by atoms with van der Waals surface area (Å²) in [5.74, 6) is -0.120. The van der Waals surface area contributed by atoms with Crippen LogP contribution < -0.4 is 5.73 Å². The van der Waals surface area contributed by atoms with Crippen LogP contribution in [0.2, 0.25) is 0 Å². The van der Waals surface area contributed by atoms with E-state index in [1.807, 2.05) is 27.3 Å². The first-order chi connectivity index (χ1) is 27.3. The van der Waals surface area contributed by atoms with Crippen LogP contribution in [0.4, 0.5) is 0 Å². The lowest BCUT2D eigenvalue weighted by Gasteiger charge is -2.07. The molecule has 8 rings (SSSR count). The maximum absolute atomic E-state index is 11.8. The maximum atomic E-state index is 11.8. The first kappa shape index (κ1) is 41.9. The van der Waals surface area contributed by atoms with Gasteiger partial charge in [-0.3, -0.25) is 37.7 Å². The van der Waals surface area contributed by atoms with E-state index in [9.17, 15) is 9.59 Å². The van der Waals surface area contributed by atoms with E-state index in [1.54, 1.807) is 113 Å². The van der Waals surface area contributed by atoms with Gasteiger partial charge in [-0.15, -0.1) is 20.4 Å². The molecular formula is C32H42N22O3. The highest BCUT2D eigenvalue weighted by atomic mass is 16.4. The molecule has 25 heteroatoms. The summed E-state index contributed by atoms with van der Waals surface area (Å²) in [5.41, 5.74) is 11.2. The molecule has 0 aliphatic carbocycles. The molecule has 0 amide bonds. The van der Waals surface area contributed by atoms with Gasteiger partial charge < -0.3 is 10.9 Å². The highest BCUT2D eigenvalue weighted by Crippen LogP contribution is 2.16. The van der Waals surface area contributed by atoms with Crippen LogP contribution in [0.25, 0.3) is 0 Å². The average molecular weight is 783 g/mol. The van der Waals surface area contributed by atoms with Crippen molar-refractivity contribution in [2.45, 2.75) is 6.04 Å². The summed E-state index contributed by atoms with van der Waals surface area (Å²) in [6.45, 7) is 0. The number of aldehydes is 1. The van der Waals surface area contributed by atoms with Gasteiger partial charge in [0.2, 0.25) is 5.78 Å². The number of aryl methyl sites for hydroxylation is 8. The number of ketones is 1. The summed E-state index contributed by atoms with van der Waals surface area (Å²) in [6, 6.07) is -0.219. The largest absolute Gasteiger partial charge is 0.410 e. The summed E-state index contributed by atoms with van der Waals surface area (Å²) in [7, 11) is 14.2. The highest BCUT2D eigenvalue weighted by molar-refractivity contribution is 6.11. The molecule has 8 heterocycles. The molecule has 0 aliphatic rings. The monoisotopic (exact) mass is 782 g/mol. The zero-order valence-corrected chi connectivity index (χ0v) is 32.4. The Morgan fingerprint density at radius 3 is 1.56 bits per heavy atom. The minimum Gasteiger partial charge on any atom is -0.410 e. The van der Waals surface area contributed by atoms with Crippen LogP contribution in [0.15, 0.2) is 85.7 Å². The molecule has 0 aromatic carbocycles. The summed E-state index contributed by atoms with van der Waals surface area (Å²) in [4.78, 5) is 21.8. The Labute approximate surface area is 324 Å². The van der Waals surface area contributed by atoms with Crippen LogP contribution in [0.5, 0.6) is 0 Å². The van der Waals surface area contributed by atoms with Crippen molar-refractivity contribution in [2.24, 2.45) is 67.3 Å². The Hall–Kier alpha value is -7.83. The number of hydrogen-bond acceptors (Lipinski definition) is 17. The summed E-state index contributed by atoms with van der Waals surface area (Å²) >= 11 is 0. The number of nitrogens with zero attached hydrogens (tertiary/aromatic N) is 21. The van der Waals surface area contributed by atoms with Crippen LogP contribution in [0.3, 0.4) is 0 Å². The number of oxime groups is 1. The zero-order chi connectivity index (χ0) is 41.5. The molecule has 0 radical (unpaired) electrons. The second kappa shape index (κ2) is 20.0. The minimum atomic E-state index is -0.219.